The predicted octanol–water partition coefficient (Wildman–Crippen LogP) is 3.82. The number of anilines is 1. The Hall–Kier alpha value is -3.05. The van der Waals surface area contributed by atoms with Crippen molar-refractivity contribution in [3.63, 3.8) is 0 Å². The first-order valence-electron chi connectivity index (χ1n) is 9.23. The highest BCUT2D eigenvalue weighted by Crippen LogP contribution is 2.19. The number of hydrogen-bond donors (Lipinski definition) is 2. The van der Waals surface area contributed by atoms with Gasteiger partial charge in [0.2, 0.25) is 0 Å². The summed E-state index contributed by atoms with van der Waals surface area (Å²) in [5.74, 6) is -1.38. The molecule has 0 aromatic heterocycles. The van der Waals surface area contributed by atoms with Crippen LogP contribution in [0.1, 0.15) is 29.7 Å². The largest absolute Gasteiger partial charge is 0.332 e. The van der Waals surface area contributed by atoms with Crippen LogP contribution in [0.4, 0.5) is 14.5 Å². The lowest BCUT2D eigenvalue weighted by atomic mass is 10.0. The van der Waals surface area contributed by atoms with Crippen LogP contribution in [0.2, 0.25) is 0 Å². The van der Waals surface area contributed by atoms with Crippen LogP contribution in [-0.2, 0) is 11.2 Å². The predicted molar refractivity (Wildman–Crippen MR) is 106 cm³/mol. The molecule has 0 aliphatic rings. The van der Waals surface area contributed by atoms with E-state index in [1.54, 1.807) is 12.2 Å². The van der Waals surface area contributed by atoms with Crippen molar-refractivity contribution in [3.05, 3.63) is 101 Å². The molecular weight excluding hydrogens is 358 g/mol. The van der Waals surface area contributed by atoms with E-state index >= 15 is 0 Å². The van der Waals surface area contributed by atoms with E-state index in [0.29, 0.717) is 5.56 Å². The molecule has 0 bridgehead atoms. The third-order valence-electron chi connectivity index (χ3n) is 4.64. The normalized spacial score (nSPS) is 11.8. The molecule has 0 unspecified atom stereocenters. The summed E-state index contributed by atoms with van der Waals surface area (Å²) in [6.07, 6.45) is 0.720. The standard InChI is InChI=1S/C23H22F2N2O/c1-16(20-12-11-19(24)14-21(20)25)26-15-23(28)27-22-10-6-5-9-18(22)13-17-7-3-2-4-8-17/h2-12,14,16,26H,13,15H2,1H3,(H,27,28)/p+1/t16-/m1/s1. The molecule has 0 radical (unpaired) electrons. The number of para-hydroxylation sites is 1. The third-order valence-corrected chi connectivity index (χ3v) is 4.64. The molecule has 1 atom stereocenters. The summed E-state index contributed by atoms with van der Waals surface area (Å²) in [5.41, 5.74) is 3.33. The zero-order valence-electron chi connectivity index (χ0n) is 15.7. The smallest absolute Gasteiger partial charge is 0.279 e. The number of halogens is 2. The highest BCUT2D eigenvalue weighted by atomic mass is 19.1. The molecule has 28 heavy (non-hydrogen) atoms. The first kappa shape index (κ1) is 19.7. The maximum absolute atomic E-state index is 13.9. The molecule has 3 aromatic carbocycles. The molecule has 5 heteroatoms. The number of carbonyl (C=O) groups is 1. The average Bonchev–Trinajstić information content (AvgIpc) is 2.68. The van der Waals surface area contributed by atoms with E-state index in [4.69, 9.17) is 0 Å². The number of rotatable bonds is 7. The number of nitrogens with one attached hydrogen (secondary N) is 1. The van der Waals surface area contributed by atoms with Gasteiger partial charge in [-0.25, -0.2) is 8.78 Å². The molecule has 0 saturated heterocycles. The van der Waals surface area contributed by atoms with Gasteiger partial charge in [-0.05, 0) is 42.7 Å². The maximum Gasteiger partial charge on any atom is 0.279 e. The SMILES string of the molecule is C[C@@H]([NH2+]CC(=O)Nc1ccccc1Cc1ccccc1)c1ccc(F)cc1F. The quantitative estimate of drug-likeness (QED) is 0.642. The van der Waals surface area contributed by atoms with Crippen LogP contribution < -0.4 is 10.6 Å². The minimum Gasteiger partial charge on any atom is -0.332 e. The Morgan fingerprint density at radius 2 is 1.71 bits per heavy atom. The Morgan fingerprint density at radius 1 is 1.00 bits per heavy atom. The second-order valence-corrected chi connectivity index (χ2v) is 6.76. The molecule has 3 nitrogen and oxygen atoms in total. The van der Waals surface area contributed by atoms with Gasteiger partial charge in [-0.3, -0.25) is 4.79 Å². The molecule has 144 valence electrons. The van der Waals surface area contributed by atoms with E-state index in [9.17, 15) is 13.6 Å². The second kappa shape index (κ2) is 9.24. The van der Waals surface area contributed by atoms with Gasteiger partial charge in [0.25, 0.3) is 5.91 Å². The van der Waals surface area contributed by atoms with E-state index in [2.05, 4.69) is 5.32 Å². The van der Waals surface area contributed by atoms with Crippen molar-refractivity contribution < 1.29 is 18.9 Å². The number of carbonyl (C=O) groups excluding carboxylic acids is 1. The van der Waals surface area contributed by atoms with E-state index in [-0.39, 0.29) is 18.5 Å². The molecule has 3 aromatic rings. The monoisotopic (exact) mass is 381 g/mol. The summed E-state index contributed by atoms with van der Waals surface area (Å²) in [7, 11) is 0. The zero-order valence-corrected chi connectivity index (χ0v) is 15.7. The van der Waals surface area contributed by atoms with Crippen molar-refractivity contribution in [3.8, 4) is 0 Å². The van der Waals surface area contributed by atoms with Crippen LogP contribution in [0.15, 0.2) is 72.8 Å². The van der Waals surface area contributed by atoms with Gasteiger partial charge in [0, 0.05) is 17.3 Å². The zero-order chi connectivity index (χ0) is 19.9. The third kappa shape index (κ3) is 5.24. The average molecular weight is 381 g/mol. The van der Waals surface area contributed by atoms with Gasteiger partial charge in [0.1, 0.15) is 17.7 Å². The molecule has 1 amide bonds. The number of hydrogen-bond acceptors (Lipinski definition) is 1. The summed E-state index contributed by atoms with van der Waals surface area (Å²) < 4.78 is 26.9. The maximum atomic E-state index is 13.9. The van der Waals surface area contributed by atoms with Crippen LogP contribution >= 0.6 is 0 Å². The summed E-state index contributed by atoms with van der Waals surface area (Å²) in [4.78, 5) is 12.4. The fourth-order valence-electron chi connectivity index (χ4n) is 3.09. The van der Waals surface area contributed by atoms with Gasteiger partial charge in [-0.1, -0.05) is 48.5 Å². The number of benzene rings is 3. The molecular formula is C23H23F2N2O+. The van der Waals surface area contributed by atoms with E-state index in [1.165, 1.54) is 12.1 Å². The van der Waals surface area contributed by atoms with Gasteiger partial charge in [0.05, 0.1) is 0 Å². The lowest BCUT2D eigenvalue weighted by molar-refractivity contribution is -0.682. The fraction of sp³-hybridized carbons (Fsp3) is 0.174. The molecule has 0 aliphatic carbocycles. The van der Waals surface area contributed by atoms with Crippen LogP contribution in [0.5, 0.6) is 0 Å². The molecule has 0 aliphatic heterocycles. The summed E-state index contributed by atoms with van der Waals surface area (Å²) >= 11 is 0. The van der Waals surface area contributed by atoms with Gasteiger partial charge in [-0.2, -0.15) is 0 Å². The van der Waals surface area contributed by atoms with Gasteiger partial charge >= 0.3 is 0 Å². The minimum atomic E-state index is -0.610. The number of quaternary nitrogens is 1. The Labute approximate surface area is 163 Å². The summed E-state index contributed by atoms with van der Waals surface area (Å²) in [6.45, 7) is 1.92. The lowest BCUT2D eigenvalue weighted by Gasteiger charge is -2.14. The Bertz CT molecular complexity index is 944. The summed E-state index contributed by atoms with van der Waals surface area (Å²) in [5, 5.41) is 4.67. The highest BCUT2D eigenvalue weighted by molar-refractivity contribution is 5.92. The lowest BCUT2D eigenvalue weighted by Crippen LogP contribution is -2.86. The highest BCUT2D eigenvalue weighted by Gasteiger charge is 2.16. The van der Waals surface area contributed by atoms with Gasteiger partial charge in [0.15, 0.2) is 6.54 Å². The van der Waals surface area contributed by atoms with Crippen LogP contribution in [0.25, 0.3) is 0 Å². The molecule has 0 heterocycles. The fourth-order valence-corrected chi connectivity index (χ4v) is 3.09. The Kier molecular flexibility index (Phi) is 6.50. The van der Waals surface area contributed by atoms with Gasteiger partial charge < -0.3 is 10.6 Å². The summed E-state index contributed by atoms with van der Waals surface area (Å²) in [6, 6.07) is 20.9. The van der Waals surface area contributed by atoms with E-state index < -0.39 is 11.6 Å². The van der Waals surface area contributed by atoms with Crippen molar-refractivity contribution in [1.82, 2.24) is 0 Å². The Morgan fingerprint density at radius 3 is 2.46 bits per heavy atom. The second-order valence-electron chi connectivity index (χ2n) is 6.76. The molecule has 3 N–H and O–H groups in total. The van der Waals surface area contributed by atoms with Crippen molar-refractivity contribution in [1.29, 1.82) is 0 Å². The molecule has 3 rings (SSSR count). The van der Waals surface area contributed by atoms with Crippen LogP contribution in [0.3, 0.4) is 0 Å². The van der Waals surface area contributed by atoms with Crippen molar-refractivity contribution >= 4 is 11.6 Å². The van der Waals surface area contributed by atoms with Crippen molar-refractivity contribution in [2.24, 2.45) is 0 Å². The van der Waals surface area contributed by atoms with E-state index in [1.807, 2.05) is 54.6 Å². The Balaban J connectivity index is 1.60. The minimum absolute atomic E-state index is 0.137. The first-order valence-corrected chi connectivity index (χ1v) is 9.23. The van der Waals surface area contributed by atoms with Crippen molar-refractivity contribution in [2.45, 2.75) is 19.4 Å². The first-order chi connectivity index (χ1) is 13.5. The molecule has 0 fully saturated rings. The van der Waals surface area contributed by atoms with E-state index in [0.717, 1.165) is 29.3 Å². The molecule has 0 spiro atoms. The van der Waals surface area contributed by atoms with Crippen molar-refractivity contribution in [2.75, 3.05) is 11.9 Å². The number of nitrogens with two attached hydrogens (primary N) is 1. The van der Waals surface area contributed by atoms with Crippen LogP contribution in [0, 0.1) is 11.6 Å². The number of amides is 1. The molecule has 0 saturated carbocycles. The topological polar surface area (TPSA) is 45.7 Å². The van der Waals surface area contributed by atoms with Crippen LogP contribution in [-0.4, -0.2) is 12.5 Å². The van der Waals surface area contributed by atoms with Gasteiger partial charge in [-0.15, -0.1) is 0 Å².